The van der Waals surface area contributed by atoms with Crippen LogP contribution in [0.25, 0.3) is 0 Å². The number of methoxy groups -OCH3 is 1. The fourth-order valence-corrected chi connectivity index (χ4v) is 3.24. The number of esters is 1. The lowest BCUT2D eigenvalue weighted by Crippen LogP contribution is -2.30. The van der Waals surface area contributed by atoms with E-state index in [-0.39, 0.29) is 24.3 Å². The molecule has 6 heteroatoms. The lowest BCUT2D eigenvalue weighted by atomic mass is 10.1. The van der Waals surface area contributed by atoms with Crippen LogP contribution in [-0.2, 0) is 14.3 Å². The topological polar surface area (TPSA) is 75.7 Å². The molecule has 2 amide bonds. The Kier molecular flexibility index (Phi) is 5.54. The van der Waals surface area contributed by atoms with E-state index in [0.29, 0.717) is 17.8 Å². The molecule has 1 heterocycles. The van der Waals surface area contributed by atoms with Gasteiger partial charge in [-0.05, 0) is 36.8 Å². The van der Waals surface area contributed by atoms with E-state index in [0.717, 1.165) is 5.56 Å². The fraction of sp³-hybridized carbons (Fsp3) is 0.286. The van der Waals surface area contributed by atoms with Crippen LogP contribution >= 0.6 is 0 Å². The number of rotatable bonds is 5. The number of likely N-dealkylation sites (tertiary alicyclic amines) is 1. The summed E-state index contributed by atoms with van der Waals surface area (Å²) in [6.45, 7) is 2.36. The second-order valence-corrected chi connectivity index (χ2v) is 6.59. The van der Waals surface area contributed by atoms with Gasteiger partial charge < -0.3 is 15.0 Å². The first kappa shape index (κ1) is 18.6. The molecule has 3 rings (SSSR count). The molecule has 0 spiro atoms. The number of hydrogen-bond donors (Lipinski definition) is 1. The first-order valence-corrected chi connectivity index (χ1v) is 8.83. The lowest BCUT2D eigenvalue weighted by Gasteiger charge is -2.25. The Morgan fingerprint density at radius 1 is 1.11 bits per heavy atom. The number of anilines is 1. The van der Waals surface area contributed by atoms with E-state index >= 15 is 0 Å². The minimum atomic E-state index is -0.431. The highest BCUT2D eigenvalue weighted by molar-refractivity contribution is 5.97. The van der Waals surface area contributed by atoms with E-state index in [2.05, 4.69) is 10.1 Å². The van der Waals surface area contributed by atoms with Crippen molar-refractivity contribution in [2.24, 2.45) is 5.92 Å². The number of amides is 2. The summed E-state index contributed by atoms with van der Waals surface area (Å²) in [6, 6.07) is 16.2. The average molecular weight is 366 g/mol. The molecule has 1 aliphatic heterocycles. The molecule has 1 aliphatic rings. The summed E-state index contributed by atoms with van der Waals surface area (Å²) >= 11 is 0. The smallest absolute Gasteiger partial charge is 0.337 e. The van der Waals surface area contributed by atoms with Gasteiger partial charge in [0.15, 0.2) is 0 Å². The summed E-state index contributed by atoms with van der Waals surface area (Å²) in [6.07, 6.45) is 0.198. The average Bonchev–Trinajstić information content (AvgIpc) is 3.10. The Hall–Kier alpha value is -3.15. The zero-order valence-electron chi connectivity index (χ0n) is 15.3. The molecule has 0 aliphatic carbocycles. The highest BCUT2D eigenvalue weighted by Crippen LogP contribution is 2.29. The van der Waals surface area contributed by atoms with Crippen molar-refractivity contribution >= 4 is 23.5 Å². The SMILES string of the molecule is COC(=O)c1ccc(NC(=O)[C@@H]2CC(=O)N([C@H](C)c3ccccc3)C2)cc1. The van der Waals surface area contributed by atoms with Gasteiger partial charge in [0.05, 0.1) is 24.6 Å². The molecule has 2 aromatic carbocycles. The van der Waals surface area contributed by atoms with Crippen molar-refractivity contribution < 1.29 is 19.1 Å². The Balaban J connectivity index is 1.63. The number of ether oxygens (including phenoxy) is 1. The molecule has 0 saturated carbocycles. The summed E-state index contributed by atoms with van der Waals surface area (Å²) < 4.78 is 4.65. The molecule has 0 bridgehead atoms. The summed E-state index contributed by atoms with van der Waals surface area (Å²) in [5, 5.41) is 2.82. The first-order valence-electron chi connectivity index (χ1n) is 8.83. The van der Waals surface area contributed by atoms with Gasteiger partial charge >= 0.3 is 5.97 Å². The zero-order valence-corrected chi connectivity index (χ0v) is 15.3. The predicted molar refractivity (Wildman–Crippen MR) is 101 cm³/mol. The van der Waals surface area contributed by atoms with Crippen molar-refractivity contribution in [1.82, 2.24) is 4.90 Å². The molecule has 0 aromatic heterocycles. The fourth-order valence-electron chi connectivity index (χ4n) is 3.24. The van der Waals surface area contributed by atoms with Gasteiger partial charge in [-0.1, -0.05) is 30.3 Å². The molecule has 0 radical (unpaired) electrons. The number of carbonyl (C=O) groups excluding carboxylic acids is 3. The Morgan fingerprint density at radius 2 is 1.78 bits per heavy atom. The van der Waals surface area contributed by atoms with Crippen molar-refractivity contribution in [3.63, 3.8) is 0 Å². The van der Waals surface area contributed by atoms with Crippen LogP contribution in [0.2, 0.25) is 0 Å². The molecule has 27 heavy (non-hydrogen) atoms. The highest BCUT2D eigenvalue weighted by Gasteiger charge is 2.37. The predicted octanol–water partition coefficient (Wildman–Crippen LogP) is 3.02. The van der Waals surface area contributed by atoms with E-state index in [4.69, 9.17) is 0 Å². The van der Waals surface area contributed by atoms with Gasteiger partial charge in [0, 0.05) is 18.7 Å². The summed E-state index contributed by atoms with van der Waals surface area (Å²) in [5.41, 5.74) is 2.04. The van der Waals surface area contributed by atoms with Gasteiger partial charge in [0.2, 0.25) is 11.8 Å². The third kappa shape index (κ3) is 4.16. The number of benzene rings is 2. The third-order valence-corrected chi connectivity index (χ3v) is 4.85. The molecule has 2 aromatic rings. The monoisotopic (exact) mass is 366 g/mol. The minimum Gasteiger partial charge on any atom is -0.465 e. The van der Waals surface area contributed by atoms with Crippen LogP contribution in [0.5, 0.6) is 0 Å². The van der Waals surface area contributed by atoms with Crippen LogP contribution in [0.4, 0.5) is 5.69 Å². The maximum atomic E-state index is 12.6. The molecular weight excluding hydrogens is 344 g/mol. The Labute approximate surface area is 158 Å². The van der Waals surface area contributed by atoms with Crippen LogP contribution in [0.1, 0.15) is 35.3 Å². The summed E-state index contributed by atoms with van der Waals surface area (Å²) in [5.74, 6) is -1.05. The maximum Gasteiger partial charge on any atom is 0.337 e. The van der Waals surface area contributed by atoms with E-state index in [1.807, 2.05) is 37.3 Å². The quantitative estimate of drug-likeness (QED) is 0.826. The van der Waals surface area contributed by atoms with Crippen LogP contribution < -0.4 is 5.32 Å². The van der Waals surface area contributed by atoms with Gasteiger partial charge in [-0.2, -0.15) is 0 Å². The first-order chi connectivity index (χ1) is 13.0. The van der Waals surface area contributed by atoms with E-state index < -0.39 is 11.9 Å². The van der Waals surface area contributed by atoms with Crippen molar-refractivity contribution in [3.8, 4) is 0 Å². The number of nitrogens with one attached hydrogen (secondary N) is 1. The van der Waals surface area contributed by atoms with E-state index in [9.17, 15) is 14.4 Å². The van der Waals surface area contributed by atoms with Crippen LogP contribution in [0, 0.1) is 5.92 Å². The number of hydrogen-bond acceptors (Lipinski definition) is 4. The van der Waals surface area contributed by atoms with Gasteiger partial charge in [-0.3, -0.25) is 9.59 Å². The highest BCUT2D eigenvalue weighted by atomic mass is 16.5. The van der Waals surface area contributed by atoms with Crippen LogP contribution in [0.15, 0.2) is 54.6 Å². The molecule has 6 nitrogen and oxygen atoms in total. The van der Waals surface area contributed by atoms with Gasteiger partial charge in [-0.25, -0.2) is 4.79 Å². The summed E-state index contributed by atoms with van der Waals surface area (Å²) in [7, 11) is 1.32. The third-order valence-electron chi connectivity index (χ3n) is 4.85. The van der Waals surface area contributed by atoms with Gasteiger partial charge in [0.25, 0.3) is 0 Å². The normalized spacial score (nSPS) is 17.5. The molecule has 1 fully saturated rings. The largest absolute Gasteiger partial charge is 0.465 e. The van der Waals surface area contributed by atoms with E-state index in [1.54, 1.807) is 29.2 Å². The number of carbonyl (C=O) groups is 3. The zero-order chi connectivity index (χ0) is 19.4. The van der Waals surface area contributed by atoms with Crippen LogP contribution in [-0.4, -0.2) is 36.3 Å². The van der Waals surface area contributed by atoms with Crippen molar-refractivity contribution in [3.05, 3.63) is 65.7 Å². The standard InChI is InChI=1S/C21H22N2O4/c1-14(15-6-4-3-5-7-15)23-13-17(12-19(23)24)20(25)22-18-10-8-16(9-11-18)21(26)27-2/h3-11,14,17H,12-13H2,1-2H3,(H,22,25)/t14-,17-/m1/s1. The van der Waals surface area contributed by atoms with Gasteiger partial charge in [-0.15, -0.1) is 0 Å². The molecule has 1 N–H and O–H groups in total. The minimum absolute atomic E-state index is 0.0208. The molecule has 0 unspecified atom stereocenters. The van der Waals surface area contributed by atoms with E-state index in [1.165, 1.54) is 7.11 Å². The van der Waals surface area contributed by atoms with Crippen molar-refractivity contribution in [2.45, 2.75) is 19.4 Å². The van der Waals surface area contributed by atoms with Gasteiger partial charge in [0.1, 0.15) is 0 Å². The second kappa shape index (κ2) is 8.03. The molecular formula is C21H22N2O4. The van der Waals surface area contributed by atoms with Crippen molar-refractivity contribution in [1.29, 1.82) is 0 Å². The van der Waals surface area contributed by atoms with Crippen molar-refractivity contribution in [2.75, 3.05) is 19.0 Å². The maximum absolute atomic E-state index is 12.6. The molecule has 2 atom stereocenters. The lowest BCUT2D eigenvalue weighted by molar-refractivity contribution is -0.129. The summed E-state index contributed by atoms with van der Waals surface area (Å²) in [4.78, 5) is 38.2. The Bertz CT molecular complexity index is 833. The molecule has 140 valence electrons. The second-order valence-electron chi connectivity index (χ2n) is 6.59. The molecule has 1 saturated heterocycles. The Morgan fingerprint density at radius 3 is 2.41 bits per heavy atom. The van der Waals surface area contributed by atoms with Crippen LogP contribution in [0.3, 0.4) is 0 Å². The number of nitrogens with zero attached hydrogens (tertiary/aromatic N) is 1.